The van der Waals surface area contributed by atoms with Crippen LogP contribution < -0.4 is 10.1 Å². The van der Waals surface area contributed by atoms with E-state index in [0.717, 1.165) is 16.9 Å². The van der Waals surface area contributed by atoms with Crippen molar-refractivity contribution in [3.8, 4) is 11.5 Å². The number of thioether (sulfide) groups is 1. The minimum atomic E-state index is -1.09. The van der Waals surface area contributed by atoms with Gasteiger partial charge in [-0.3, -0.25) is 4.79 Å². The molecule has 8 nitrogen and oxygen atoms in total. The van der Waals surface area contributed by atoms with E-state index in [9.17, 15) is 19.5 Å². The molecule has 0 aromatic heterocycles. The average Bonchev–Trinajstić information content (AvgIpc) is 3.34. The van der Waals surface area contributed by atoms with Crippen LogP contribution in [0.3, 0.4) is 0 Å². The second kappa shape index (κ2) is 11.6. The molecule has 1 unspecified atom stereocenters. The van der Waals surface area contributed by atoms with E-state index >= 15 is 0 Å². The van der Waals surface area contributed by atoms with Crippen molar-refractivity contribution in [1.29, 1.82) is 0 Å². The summed E-state index contributed by atoms with van der Waals surface area (Å²) in [4.78, 5) is 38.2. The summed E-state index contributed by atoms with van der Waals surface area (Å²) in [5.41, 5.74) is 1.09. The van der Waals surface area contributed by atoms with Crippen LogP contribution in [0.2, 0.25) is 0 Å². The zero-order valence-corrected chi connectivity index (χ0v) is 20.5. The number of likely N-dealkylation sites (tertiary alicyclic amines) is 1. The molecule has 1 heterocycles. The maximum atomic E-state index is 12.4. The first-order valence-corrected chi connectivity index (χ1v) is 12.3. The summed E-state index contributed by atoms with van der Waals surface area (Å²) >= 11 is 1.73. The molecule has 2 amide bonds. The second-order valence-electron chi connectivity index (χ2n) is 8.24. The molecular formula is C27H26N2O6S. The summed E-state index contributed by atoms with van der Waals surface area (Å²) in [5, 5.41) is 12.2. The minimum Gasteiger partial charge on any atom is -0.478 e. The molecule has 1 saturated heterocycles. The highest BCUT2D eigenvalue weighted by Gasteiger charge is 2.27. The van der Waals surface area contributed by atoms with E-state index in [1.165, 1.54) is 13.2 Å². The lowest BCUT2D eigenvalue weighted by Gasteiger charge is -2.14. The van der Waals surface area contributed by atoms with Gasteiger partial charge in [0.1, 0.15) is 11.5 Å². The number of hydrogen-bond acceptors (Lipinski definition) is 6. The lowest BCUT2D eigenvalue weighted by atomic mass is 10.1. The number of carbonyl (C=O) groups excluding carboxylic acids is 2. The molecule has 186 valence electrons. The van der Waals surface area contributed by atoms with Gasteiger partial charge in [-0.05, 0) is 60.5 Å². The first-order valence-electron chi connectivity index (χ1n) is 11.4. The number of methoxy groups -OCH3 is 1. The molecule has 1 aliphatic heterocycles. The standard InChI is InChI=1S/C27H26N2O6S/c1-34-27(33)29-15-14-22(17-29)36-21-12-10-20(11-13-21)35-19-8-6-18(7-9-19)16-25(30)28-24-5-3-2-4-23(24)26(31)32/h2-13,22H,14-17H2,1H3,(H,28,30)(H,31,32). The zero-order chi connectivity index (χ0) is 25.5. The van der Waals surface area contributed by atoms with E-state index in [0.29, 0.717) is 29.8 Å². The van der Waals surface area contributed by atoms with Gasteiger partial charge in [0.25, 0.3) is 0 Å². The summed E-state index contributed by atoms with van der Waals surface area (Å²) in [6.07, 6.45) is 0.750. The summed E-state index contributed by atoms with van der Waals surface area (Å²) in [6, 6.07) is 21.3. The normalized spacial score (nSPS) is 14.8. The molecule has 2 N–H and O–H groups in total. The van der Waals surface area contributed by atoms with Crippen molar-refractivity contribution in [3.05, 3.63) is 83.9 Å². The summed E-state index contributed by atoms with van der Waals surface area (Å²) < 4.78 is 10.7. The fourth-order valence-electron chi connectivity index (χ4n) is 3.87. The highest BCUT2D eigenvalue weighted by molar-refractivity contribution is 8.00. The van der Waals surface area contributed by atoms with Gasteiger partial charge in [0.05, 0.1) is 24.8 Å². The van der Waals surface area contributed by atoms with Crippen molar-refractivity contribution >= 4 is 35.4 Å². The number of hydrogen-bond donors (Lipinski definition) is 2. The molecule has 3 aromatic rings. The predicted octanol–water partition coefficient (Wildman–Crippen LogP) is 5.29. The lowest BCUT2D eigenvalue weighted by Crippen LogP contribution is -2.28. The first kappa shape index (κ1) is 25.1. The van der Waals surface area contributed by atoms with Crippen LogP contribution in [0.4, 0.5) is 10.5 Å². The van der Waals surface area contributed by atoms with Gasteiger partial charge >= 0.3 is 12.1 Å². The summed E-state index contributed by atoms with van der Waals surface area (Å²) in [7, 11) is 1.40. The van der Waals surface area contributed by atoms with Gasteiger partial charge in [-0.1, -0.05) is 24.3 Å². The van der Waals surface area contributed by atoms with E-state index in [-0.39, 0.29) is 29.7 Å². The summed E-state index contributed by atoms with van der Waals surface area (Å²) in [5.74, 6) is -0.0665. The lowest BCUT2D eigenvalue weighted by molar-refractivity contribution is -0.115. The Morgan fingerprint density at radius 1 is 1.00 bits per heavy atom. The number of para-hydroxylation sites is 1. The largest absolute Gasteiger partial charge is 0.478 e. The molecule has 3 aromatic carbocycles. The molecule has 1 atom stereocenters. The molecule has 0 radical (unpaired) electrons. The van der Waals surface area contributed by atoms with Crippen LogP contribution in [0.1, 0.15) is 22.3 Å². The van der Waals surface area contributed by atoms with E-state index in [4.69, 9.17) is 9.47 Å². The van der Waals surface area contributed by atoms with Gasteiger partial charge in [-0.25, -0.2) is 9.59 Å². The van der Waals surface area contributed by atoms with E-state index < -0.39 is 5.97 Å². The fourth-order valence-corrected chi connectivity index (χ4v) is 5.02. The van der Waals surface area contributed by atoms with Crippen LogP contribution >= 0.6 is 11.8 Å². The highest BCUT2D eigenvalue weighted by Crippen LogP contribution is 2.32. The van der Waals surface area contributed by atoms with Gasteiger partial charge in [0, 0.05) is 23.2 Å². The van der Waals surface area contributed by atoms with Crippen LogP contribution in [-0.2, 0) is 16.0 Å². The monoisotopic (exact) mass is 506 g/mol. The third-order valence-corrected chi connectivity index (χ3v) is 6.92. The molecule has 0 bridgehead atoms. The number of ether oxygens (including phenoxy) is 2. The van der Waals surface area contributed by atoms with Crippen molar-refractivity contribution in [2.24, 2.45) is 0 Å². The maximum absolute atomic E-state index is 12.4. The van der Waals surface area contributed by atoms with E-state index in [1.54, 1.807) is 59.1 Å². The fraction of sp³-hybridized carbons (Fsp3) is 0.222. The SMILES string of the molecule is COC(=O)N1CCC(Sc2ccc(Oc3ccc(CC(=O)Nc4ccccc4C(=O)O)cc3)cc2)C1. The van der Waals surface area contributed by atoms with E-state index in [2.05, 4.69) is 5.32 Å². The predicted molar refractivity (Wildman–Crippen MR) is 137 cm³/mol. The Morgan fingerprint density at radius 3 is 2.33 bits per heavy atom. The Labute approximate surface area is 213 Å². The smallest absolute Gasteiger partial charge is 0.409 e. The van der Waals surface area contributed by atoms with Gasteiger partial charge in [0.15, 0.2) is 0 Å². The first-order chi connectivity index (χ1) is 17.4. The molecule has 4 rings (SSSR count). The number of carbonyl (C=O) groups is 3. The number of aromatic carboxylic acids is 1. The van der Waals surface area contributed by atoms with Crippen LogP contribution in [-0.4, -0.2) is 53.4 Å². The molecule has 0 saturated carbocycles. The minimum absolute atomic E-state index is 0.0467. The van der Waals surface area contributed by atoms with Crippen molar-refractivity contribution in [3.63, 3.8) is 0 Å². The number of carboxylic acids is 1. The highest BCUT2D eigenvalue weighted by atomic mass is 32.2. The Bertz CT molecular complexity index is 1230. The number of nitrogens with zero attached hydrogens (tertiary/aromatic N) is 1. The third kappa shape index (κ3) is 6.57. The number of rotatable bonds is 8. The van der Waals surface area contributed by atoms with Crippen LogP contribution in [0.5, 0.6) is 11.5 Å². The number of carboxylic acid groups (broad SMARTS) is 1. The van der Waals surface area contributed by atoms with Gasteiger partial charge in [-0.2, -0.15) is 0 Å². The molecule has 0 spiro atoms. The Balaban J connectivity index is 1.28. The van der Waals surface area contributed by atoms with Crippen molar-refractivity contribution in [2.75, 3.05) is 25.5 Å². The molecule has 9 heteroatoms. The zero-order valence-electron chi connectivity index (χ0n) is 19.7. The third-order valence-electron chi connectivity index (χ3n) is 5.66. The Kier molecular flexibility index (Phi) is 8.12. The van der Waals surface area contributed by atoms with Gasteiger partial charge < -0.3 is 24.8 Å². The maximum Gasteiger partial charge on any atom is 0.409 e. The summed E-state index contributed by atoms with van der Waals surface area (Å²) in [6.45, 7) is 1.38. The van der Waals surface area contributed by atoms with Crippen LogP contribution in [0, 0.1) is 0 Å². The number of anilines is 1. The van der Waals surface area contributed by atoms with E-state index in [1.807, 2.05) is 24.3 Å². The Hall–Kier alpha value is -3.98. The number of amides is 2. The molecule has 1 aliphatic rings. The quantitative estimate of drug-likeness (QED) is 0.428. The van der Waals surface area contributed by atoms with Gasteiger partial charge in [-0.15, -0.1) is 11.8 Å². The van der Waals surface area contributed by atoms with Crippen molar-refractivity contribution < 1.29 is 29.0 Å². The van der Waals surface area contributed by atoms with Crippen molar-refractivity contribution in [1.82, 2.24) is 4.90 Å². The Morgan fingerprint density at radius 2 is 1.67 bits per heavy atom. The van der Waals surface area contributed by atoms with Crippen LogP contribution in [0.15, 0.2) is 77.7 Å². The molecular weight excluding hydrogens is 480 g/mol. The number of nitrogens with one attached hydrogen (secondary N) is 1. The topological polar surface area (TPSA) is 105 Å². The number of benzene rings is 3. The van der Waals surface area contributed by atoms with Crippen molar-refractivity contribution in [2.45, 2.75) is 23.0 Å². The molecule has 36 heavy (non-hydrogen) atoms. The molecule has 0 aliphatic carbocycles. The average molecular weight is 507 g/mol. The second-order valence-corrected chi connectivity index (χ2v) is 9.61. The van der Waals surface area contributed by atoms with Crippen LogP contribution in [0.25, 0.3) is 0 Å². The van der Waals surface area contributed by atoms with Gasteiger partial charge in [0.2, 0.25) is 5.91 Å². The molecule has 1 fully saturated rings.